The summed E-state index contributed by atoms with van der Waals surface area (Å²) in [6.45, 7) is 3.23. The molecular formula is C17H20Cl2N2O6S2. The molecule has 2 aliphatic rings. The normalized spacial score (nSPS) is 28.8. The summed E-state index contributed by atoms with van der Waals surface area (Å²) in [4.78, 5) is -1.06. The van der Waals surface area contributed by atoms with Gasteiger partial charge in [-0.15, -0.1) is 0 Å². The minimum atomic E-state index is -4.66. The number of allylic oxidation sites excluding steroid dienone is 8. The molecule has 2 atom stereocenters. The first-order valence-electron chi connectivity index (χ1n) is 8.07. The van der Waals surface area contributed by atoms with Gasteiger partial charge in [0.15, 0.2) is 0 Å². The first kappa shape index (κ1) is 23.7. The van der Waals surface area contributed by atoms with Crippen molar-refractivity contribution in [3.63, 3.8) is 0 Å². The molecule has 0 fully saturated rings. The van der Waals surface area contributed by atoms with Crippen LogP contribution in [0, 0.1) is 10.8 Å². The Labute approximate surface area is 179 Å². The molecule has 12 heteroatoms. The third-order valence-electron chi connectivity index (χ3n) is 4.33. The summed E-state index contributed by atoms with van der Waals surface area (Å²) in [5.41, 5.74) is 8.72. The zero-order valence-electron chi connectivity index (χ0n) is 15.4. The molecule has 2 rings (SSSR count). The number of hydrogen-bond acceptors (Lipinski definition) is 6. The van der Waals surface area contributed by atoms with E-state index >= 15 is 0 Å². The van der Waals surface area contributed by atoms with Gasteiger partial charge < -0.3 is 11.5 Å². The quantitative estimate of drug-likeness (QED) is 0.444. The molecule has 0 bridgehead atoms. The predicted octanol–water partition coefficient (Wildman–Crippen LogP) is 2.89. The Morgan fingerprint density at radius 1 is 0.793 bits per heavy atom. The highest BCUT2D eigenvalue weighted by molar-refractivity contribution is 7.90. The third-order valence-corrected chi connectivity index (χ3v) is 6.59. The van der Waals surface area contributed by atoms with Crippen LogP contribution in [-0.4, -0.2) is 25.9 Å². The van der Waals surface area contributed by atoms with Crippen molar-refractivity contribution in [1.29, 1.82) is 0 Å². The predicted molar refractivity (Wildman–Crippen MR) is 113 cm³/mol. The van der Waals surface area contributed by atoms with Crippen LogP contribution < -0.4 is 11.5 Å². The largest absolute Gasteiger partial charge is 0.398 e. The maximum absolute atomic E-state index is 11.8. The van der Waals surface area contributed by atoms with Crippen LogP contribution in [0.2, 0.25) is 0 Å². The zero-order chi connectivity index (χ0) is 22.4. The molecule has 160 valence electrons. The standard InChI is InChI=1S/C17H20Cl2N2O6S2/c1-16(5-10(18)3-12(20)14(7-16)28(22,23)24)9-17(2)6-11(19)4-13(21)15(8-17)29(25,26)27/h3-8H,9,20-21H2,1-2H3,(H,22,23,24)(H,25,26,27). The van der Waals surface area contributed by atoms with Gasteiger partial charge >= 0.3 is 0 Å². The first-order valence-corrected chi connectivity index (χ1v) is 11.7. The van der Waals surface area contributed by atoms with E-state index in [9.17, 15) is 25.9 Å². The van der Waals surface area contributed by atoms with E-state index in [-0.39, 0.29) is 27.9 Å². The lowest BCUT2D eigenvalue weighted by Crippen LogP contribution is -2.25. The Balaban J connectivity index is 2.68. The van der Waals surface area contributed by atoms with Gasteiger partial charge in [-0.05, 0) is 18.6 Å². The van der Waals surface area contributed by atoms with Crippen molar-refractivity contribution < 1.29 is 25.9 Å². The van der Waals surface area contributed by atoms with E-state index in [4.69, 9.17) is 34.7 Å². The van der Waals surface area contributed by atoms with Crippen LogP contribution in [0.3, 0.4) is 0 Å². The Bertz CT molecular complexity index is 1060. The van der Waals surface area contributed by atoms with Gasteiger partial charge in [0, 0.05) is 20.9 Å². The van der Waals surface area contributed by atoms with Crippen molar-refractivity contribution in [2.45, 2.75) is 20.3 Å². The average molecular weight is 483 g/mol. The second-order valence-corrected chi connectivity index (χ2v) is 11.1. The summed E-state index contributed by atoms with van der Waals surface area (Å²) in [6.07, 6.45) is 7.86. The molecule has 0 radical (unpaired) electrons. The summed E-state index contributed by atoms with van der Waals surface area (Å²) in [7, 11) is -9.32. The van der Waals surface area contributed by atoms with Gasteiger partial charge in [-0.2, -0.15) is 16.8 Å². The Morgan fingerprint density at radius 3 is 1.38 bits per heavy atom. The minimum absolute atomic E-state index is 0.0344. The number of nitrogens with two attached hydrogens (primary N) is 2. The van der Waals surface area contributed by atoms with E-state index in [1.165, 1.54) is 36.5 Å². The van der Waals surface area contributed by atoms with Crippen molar-refractivity contribution in [3.05, 3.63) is 67.7 Å². The van der Waals surface area contributed by atoms with Gasteiger partial charge in [0.05, 0.1) is 11.4 Å². The fourth-order valence-electron chi connectivity index (χ4n) is 3.47. The second-order valence-electron chi connectivity index (χ2n) is 7.41. The smallest absolute Gasteiger partial charge is 0.296 e. The molecule has 0 spiro atoms. The summed E-state index contributed by atoms with van der Waals surface area (Å²) in [5.74, 6) is 0. The second kappa shape index (κ2) is 7.60. The number of rotatable bonds is 4. The lowest BCUT2D eigenvalue weighted by atomic mass is 9.72. The van der Waals surface area contributed by atoms with Gasteiger partial charge in [0.25, 0.3) is 20.2 Å². The zero-order valence-corrected chi connectivity index (χ0v) is 18.6. The molecule has 2 aliphatic carbocycles. The van der Waals surface area contributed by atoms with Crippen LogP contribution in [0.5, 0.6) is 0 Å². The van der Waals surface area contributed by atoms with E-state index in [0.717, 1.165) is 0 Å². The van der Waals surface area contributed by atoms with Gasteiger partial charge in [0.1, 0.15) is 9.81 Å². The number of hydrogen-bond donors (Lipinski definition) is 4. The molecule has 6 N–H and O–H groups in total. The summed E-state index contributed by atoms with van der Waals surface area (Å²) < 4.78 is 66.1. The van der Waals surface area contributed by atoms with Crippen LogP contribution >= 0.6 is 23.2 Å². The fraction of sp³-hybridized carbons (Fsp3) is 0.294. The molecule has 29 heavy (non-hydrogen) atoms. The molecule has 0 saturated heterocycles. The molecule has 0 aromatic heterocycles. The van der Waals surface area contributed by atoms with Crippen LogP contribution in [0.15, 0.2) is 67.7 Å². The maximum atomic E-state index is 11.8. The van der Waals surface area contributed by atoms with Gasteiger partial charge in [0.2, 0.25) is 0 Å². The lowest BCUT2D eigenvalue weighted by molar-refractivity contribution is 0.360. The van der Waals surface area contributed by atoms with Crippen molar-refractivity contribution in [1.82, 2.24) is 0 Å². The lowest BCUT2D eigenvalue weighted by Gasteiger charge is -2.33. The van der Waals surface area contributed by atoms with E-state index in [2.05, 4.69) is 0 Å². The highest BCUT2D eigenvalue weighted by Gasteiger charge is 2.36. The van der Waals surface area contributed by atoms with Crippen molar-refractivity contribution in [2.75, 3.05) is 0 Å². The molecule has 8 nitrogen and oxygen atoms in total. The van der Waals surface area contributed by atoms with Crippen molar-refractivity contribution in [3.8, 4) is 0 Å². The minimum Gasteiger partial charge on any atom is -0.398 e. The van der Waals surface area contributed by atoms with Crippen LogP contribution in [0.4, 0.5) is 0 Å². The van der Waals surface area contributed by atoms with Crippen LogP contribution in [0.25, 0.3) is 0 Å². The molecule has 0 amide bonds. The van der Waals surface area contributed by atoms with E-state index < -0.39 is 40.9 Å². The average Bonchev–Trinajstić information content (AvgIpc) is 2.65. The summed E-state index contributed by atoms with van der Waals surface area (Å²) in [5, 5.41) is 0.229. The SMILES string of the molecule is CC1(CC2(C)C=C(Cl)C=C(N)C(S(=O)(=O)O)=C2)C=C(Cl)C=C(N)C(S(=O)(=O)O)=C1. The van der Waals surface area contributed by atoms with Crippen LogP contribution in [-0.2, 0) is 20.2 Å². The van der Waals surface area contributed by atoms with Crippen molar-refractivity contribution in [2.24, 2.45) is 22.3 Å². The highest BCUT2D eigenvalue weighted by atomic mass is 35.5. The molecular weight excluding hydrogens is 463 g/mol. The van der Waals surface area contributed by atoms with Gasteiger partial charge in [-0.3, -0.25) is 9.11 Å². The molecule has 0 aliphatic heterocycles. The van der Waals surface area contributed by atoms with Crippen LogP contribution in [0.1, 0.15) is 20.3 Å². The monoisotopic (exact) mass is 482 g/mol. The Hall–Kier alpha value is -1.56. The molecule has 0 saturated carbocycles. The number of halogens is 2. The summed E-state index contributed by atoms with van der Waals surface area (Å²) in [6, 6.07) is 0. The fourth-order valence-corrected chi connectivity index (χ4v) is 5.76. The molecule has 0 aromatic carbocycles. The summed E-state index contributed by atoms with van der Waals surface area (Å²) >= 11 is 12.3. The molecule has 0 aromatic rings. The Kier molecular flexibility index (Phi) is 6.22. The van der Waals surface area contributed by atoms with Gasteiger partial charge in [-0.25, -0.2) is 0 Å². The highest BCUT2D eigenvalue weighted by Crippen LogP contribution is 2.45. The van der Waals surface area contributed by atoms with E-state index in [0.29, 0.717) is 0 Å². The van der Waals surface area contributed by atoms with Crippen molar-refractivity contribution >= 4 is 43.4 Å². The molecule has 2 unspecified atom stereocenters. The Morgan fingerprint density at radius 2 is 1.10 bits per heavy atom. The van der Waals surface area contributed by atoms with E-state index in [1.54, 1.807) is 13.8 Å². The maximum Gasteiger partial charge on any atom is 0.296 e. The topological polar surface area (TPSA) is 161 Å². The molecule has 0 heterocycles. The first-order chi connectivity index (χ1) is 12.9. The van der Waals surface area contributed by atoms with E-state index in [1.807, 2.05) is 0 Å². The third kappa shape index (κ3) is 5.74. The van der Waals surface area contributed by atoms with Gasteiger partial charge in [-0.1, -0.05) is 61.4 Å².